The number of halogens is 4. The SMILES string of the molecule is O=C(Cc1cccc(F)c1Cl)c1ncc(Cl)cc1Cl. The Morgan fingerprint density at radius 2 is 2.00 bits per heavy atom. The molecule has 0 fully saturated rings. The Morgan fingerprint density at radius 1 is 1.26 bits per heavy atom. The average molecular weight is 319 g/mol. The van der Waals surface area contributed by atoms with Crippen LogP contribution in [0.15, 0.2) is 30.5 Å². The van der Waals surface area contributed by atoms with Crippen LogP contribution in [0.1, 0.15) is 16.1 Å². The third-order valence-electron chi connectivity index (χ3n) is 2.45. The van der Waals surface area contributed by atoms with Gasteiger partial charge in [-0.3, -0.25) is 4.79 Å². The van der Waals surface area contributed by atoms with E-state index in [9.17, 15) is 9.18 Å². The molecule has 19 heavy (non-hydrogen) atoms. The maximum absolute atomic E-state index is 13.3. The molecule has 0 saturated heterocycles. The van der Waals surface area contributed by atoms with Crippen molar-refractivity contribution in [2.45, 2.75) is 6.42 Å². The zero-order valence-corrected chi connectivity index (χ0v) is 11.7. The van der Waals surface area contributed by atoms with Gasteiger partial charge in [-0.15, -0.1) is 0 Å². The van der Waals surface area contributed by atoms with Crippen molar-refractivity contribution in [2.75, 3.05) is 0 Å². The fourth-order valence-electron chi connectivity index (χ4n) is 1.56. The monoisotopic (exact) mass is 317 g/mol. The molecule has 0 bridgehead atoms. The third-order valence-corrected chi connectivity index (χ3v) is 3.37. The number of benzene rings is 1. The molecule has 1 aromatic carbocycles. The molecule has 0 amide bonds. The molecule has 0 saturated carbocycles. The molecule has 98 valence electrons. The maximum atomic E-state index is 13.3. The van der Waals surface area contributed by atoms with Crippen molar-refractivity contribution in [2.24, 2.45) is 0 Å². The van der Waals surface area contributed by atoms with E-state index in [4.69, 9.17) is 34.8 Å². The van der Waals surface area contributed by atoms with Crippen molar-refractivity contribution >= 4 is 40.6 Å². The molecule has 6 heteroatoms. The summed E-state index contributed by atoms with van der Waals surface area (Å²) in [6.45, 7) is 0. The van der Waals surface area contributed by atoms with Crippen LogP contribution in [0.3, 0.4) is 0 Å². The first-order chi connectivity index (χ1) is 8.99. The fraction of sp³-hybridized carbons (Fsp3) is 0.0769. The molecule has 0 N–H and O–H groups in total. The van der Waals surface area contributed by atoms with Crippen molar-refractivity contribution < 1.29 is 9.18 Å². The summed E-state index contributed by atoms with van der Waals surface area (Å²) in [6, 6.07) is 5.72. The highest BCUT2D eigenvalue weighted by Gasteiger charge is 2.16. The number of ketones is 1. The van der Waals surface area contributed by atoms with E-state index < -0.39 is 5.82 Å². The van der Waals surface area contributed by atoms with Gasteiger partial charge in [0.1, 0.15) is 11.5 Å². The van der Waals surface area contributed by atoms with E-state index in [1.807, 2.05) is 0 Å². The quantitative estimate of drug-likeness (QED) is 0.774. The Labute approximate surface area is 124 Å². The lowest BCUT2D eigenvalue weighted by Crippen LogP contribution is -2.07. The molecule has 0 spiro atoms. The summed E-state index contributed by atoms with van der Waals surface area (Å²) >= 11 is 17.4. The second kappa shape index (κ2) is 5.87. The van der Waals surface area contributed by atoms with E-state index in [2.05, 4.69) is 4.98 Å². The lowest BCUT2D eigenvalue weighted by molar-refractivity contribution is 0.0988. The molecule has 0 atom stereocenters. The van der Waals surface area contributed by atoms with Gasteiger partial charge in [-0.1, -0.05) is 46.9 Å². The van der Waals surface area contributed by atoms with Crippen LogP contribution in [-0.4, -0.2) is 10.8 Å². The lowest BCUT2D eigenvalue weighted by Gasteiger charge is -2.05. The molecule has 2 nitrogen and oxygen atoms in total. The zero-order chi connectivity index (χ0) is 14.0. The number of hydrogen-bond donors (Lipinski definition) is 0. The van der Waals surface area contributed by atoms with Gasteiger partial charge in [0.15, 0.2) is 5.78 Å². The summed E-state index contributed by atoms with van der Waals surface area (Å²) in [5.41, 5.74) is 0.478. The maximum Gasteiger partial charge on any atom is 0.187 e. The zero-order valence-electron chi connectivity index (χ0n) is 9.46. The molecule has 0 unspecified atom stereocenters. The molecular formula is C13H7Cl3FNO. The topological polar surface area (TPSA) is 30.0 Å². The molecule has 0 aliphatic carbocycles. The van der Waals surface area contributed by atoms with Crippen LogP contribution >= 0.6 is 34.8 Å². The Hall–Kier alpha value is -1.16. The van der Waals surface area contributed by atoms with Crippen molar-refractivity contribution in [3.8, 4) is 0 Å². The predicted octanol–water partition coefficient (Wildman–Crippen LogP) is 4.61. The van der Waals surface area contributed by atoms with Crippen LogP contribution < -0.4 is 0 Å². The van der Waals surface area contributed by atoms with Crippen molar-refractivity contribution in [3.63, 3.8) is 0 Å². The largest absolute Gasteiger partial charge is 0.292 e. The van der Waals surface area contributed by atoms with Gasteiger partial charge in [-0.2, -0.15) is 0 Å². The van der Waals surface area contributed by atoms with Crippen LogP contribution in [-0.2, 0) is 6.42 Å². The highest BCUT2D eigenvalue weighted by Crippen LogP contribution is 2.23. The molecule has 2 rings (SSSR count). The van der Waals surface area contributed by atoms with Gasteiger partial charge in [-0.05, 0) is 17.7 Å². The summed E-state index contributed by atoms with van der Waals surface area (Å²) in [6.07, 6.45) is 1.25. The van der Waals surface area contributed by atoms with E-state index in [-0.39, 0.29) is 27.9 Å². The number of aromatic nitrogens is 1. The molecule has 1 aromatic heterocycles. The van der Waals surface area contributed by atoms with Crippen LogP contribution in [0.25, 0.3) is 0 Å². The summed E-state index contributed by atoms with van der Waals surface area (Å²) in [5.74, 6) is -0.920. The number of Topliss-reactive ketones (excluding diaryl/α,β-unsaturated/α-hetero) is 1. The van der Waals surface area contributed by atoms with Crippen LogP contribution in [0.5, 0.6) is 0 Å². The first kappa shape index (κ1) is 14.3. The van der Waals surface area contributed by atoms with Gasteiger partial charge >= 0.3 is 0 Å². The van der Waals surface area contributed by atoms with Crippen molar-refractivity contribution in [3.05, 3.63) is 62.6 Å². The molecule has 0 aliphatic heterocycles. The first-order valence-electron chi connectivity index (χ1n) is 5.26. The van der Waals surface area contributed by atoms with Gasteiger partial charge in [-0.25, -0.2) is 9.37 Å². The average Bonchev–Trinajstić information content (AvgIpc) is 2.34. The molecule has 0 aliphatic rings. The van der Waals surface area contributed by atoms with Gasteiger partial charge in [0.05, 0.1) is 15.1 Å². The van der Waals surface area contributed by atoms with E-state index in [0.717, 1.165) is 0 Å². The van der Waals surface area contributed by atoms with Crippen LogP contribution in [0.2, 0.25) is 15.1 Å². The van der Waals surface area contributed by atoms with E-state index in [1.54, 1.807) is 6.07 Å². The first-order valence-corrected chi connectivity index (χ1v) is 6.39. The number of rotatable bonds is 3. The van der Waals surface area contributed by atoms with Crippen LogP contribution in [0.4, 0.5) is 4.39 Å². The van der Waals surface area contributed by atoms with E-state index >= 15 is 0 Å². The highest BCUT2D eigenvalue weighted by molar-refractivity contribution is 6.36. The molecular weight excluding hydrogens is 312 g/mol. The second-order valence-corrected chi connectivity index (χ2v) is 5.02. The lowest BCUT2D eigenvalue weighted by atomic mass is 10.1. The number of pyridine rings is 1. The number of hydrogen-bond acceptors (Lipinski definition) is 2. The van der Waals surface area contributed by atoms with Crippen molar-refractivity contribution in [1.29, 1.82) is 0 Å². The molecule has 1 heterocycles. The van der Waals surface area contributed by atoms with E-state index in [1.165, 1.54) is 24.4 Å². The van der Waals surface area contributed by atoms with Gasteiger partial charge in [0.25, 0.3) is 0 Å². The minimum Gasteiger partial charge on any atom is -0.292 e. The standard InChI is InChI=1S/C13H7Cl3FNO/c14-8-5-9(15)13(18-6-8)11(19)4-7-2-1-3-10(17)12(7)16/h1-3,5-6H,4H2. The Morgan fingerprint density at radius 3 is 2.68 bits per heavy atom. The molecule has 0 radical (unpaired) electrons. The Balaban J connectivity index is 2.28. The molecule has 2 aromatic rings. The summed E-state index contributed by atoms with van der Waals surface area (Å²) in [5, 5.41) is 0.427. The normalized spacial score (nSPS) is 10.5. The number of carbonyl (C=O) groups is 1. The van der Waals surface area contributed by atoms with E-state index in [0.29, 0.717) is 10.6 Å². The predicted molar refractivity (Wildman–Crippen MR) is 73.7 cm³/mol. The van der Waals surface area contributed by atoms with Crippen molar-refractivity contribution in [1.82, 2.24) is 4.98 Å². The minimum atomic E-state index is -0.567. The van der Waals surface area contributed by atoms with Gasteiger partial charge < -0.3 is 0 Å². The summed E-state index contributed by atoms with van der Waals surface area (Å²) in [7, 11) is 0. The Kier molecular flexibility index (Phi) is 4.40. The smallest absolute Gasteiger partial charge is 0.187 e. The van der Waals surface area contributed by atoms with Crippen LogP contribution in [0, 0.1) is 5.82 Å². The number of carbonyl (C=O) groups excluding carboxylic acids is 1. The fourth-order valence-corrected chi connectivity index (χ4v) is 2.24. The summed E-state index contributed by atoms with van der Waals surface area (Å²) in [4.78, 5) is 15.9. The second-order valence-electron chi connectivity index (χ2n) is 3.80. The van der Waals surface area contributed by atoms with Gasteiger partial charge in [0.2, 0.25) is 0 Å². The Bertz CT molecular complexity index is 646. The minimum absolute atomic E-state index is 0.0686. The summed E-state index contributed by atoms with van der Waals surface area (Å²) < 4.78 is 13.3. The third kappa shape index (κ3) is 3.24. The number of nitrogens with zero attached hydrogens (tertiary/aromatic N) is 1. The van der Waals surface area contributed by atoms with Gasteiger partial charge in [0, 0.05) is 12.6 Å². The highest BCUT2D eigenvalue weighted by atomic mass is 35.5.